The molecule has 2 bridgehead atoms. The van der Waals surface area contributed by atoms with E-state index >= 15 is 0 Å². The molecule has 0 spiro atoms. The molecular weight excluding hydrogens is 440 g/mol. The molecule has 6 unspecified atom stereocenters. The number of hydrogen-bond donors (Lipinski definition) is 1. The molecule has 0 aromatic rings. The molecule has 184 valence electrons. The van der Waals surface area contributed by atoms with Crippen molar-refractivity contribution in [2.45, 2.75) is 72.2 Å². The average molecular weight is 473 g/mol. The number of carbonyl (C=O) groups excluding carboxylic acids is 4. The highest BCUT2D eigenvalue weighted by Gasteiger charge is 2.79. The molecule has 0 aromatic carbocycles. The van der Waals surface area contributed by atoms with Crippen LogP contribution >= 0.6 is 0 Å². The standard InChI is InChI=1S/C26H32O8/c1-12-16-11-24(6)13(2)26(22(31)32-8,20(19(24)29)33-14(3)27)25(16,7)10-9-15-17(12)18(28)21(30)34-23(15,4)5/h9,16,18,20,28H,2,10-11H2,1,3-8H3. The first kappa shape index (κ1) is 24.4. The average Bonchev–Trinajstić information content (AvgIpc) is 2.81. The molecular formula is C26H32O8. The Morgan fingerprint density at radius 3 is 2.38 bits per heavy atom. The summed E-state index contributed by atoms with van der Waals surface area (Å²) in [6, 6.07) is 0. The fourth-order valence-electron chi connectivity index (χ4n) is 7.11. The van der Waals surface area contributed by atoms with Crippen molar-refractivity contribution >= 4 is 23.7 Å². The number of allylic oxidation sites excluding steroid dienone is 2. The molecule has 4 aliphatic rings. The Balaban J connectivity index is 2.07. The fraction of sp³-hybridized carbons (Fsp3) is 0.615. The normalized spacial score (nSPS) is 40.5. The van der Waals surface area contributed by atoms with Gasteiger partial charge in [0.25, 0.3) is 0 Å². The number of esters is 3. The van der Waals surface area contributed by atoms with E-state index in [1.165, 1.54) is 14.0 Å². The van der Waals surface area contributed by atoms with Crippen LogP contribution in [0.4, 0.5) is 0 Å². The molecule has 1 heterocycles. The lowest BCUT2D eigenvalue weighted by Crippen LogP contribution is -2.59. The van der Waals surface area contributed by atoms with Crippen LogP contribution in [0.3, 0.4) is 0 Å². The zero-order valence-corrected chi connectivity index (χ0v) is 20.7. The van der Waals surface area contributed by atoms with Crippen LogP contribution in [0.1, 0.15) is 54.4 Å². The molecule has 6 atom stereocenters. The van der Waals surface area contributed by atoms with E-state index in [0.717, 1.165) is 0 Å². The van der Waals surface area contributed by atoms with Crippen LogP contribution in [0, 0.1) is 22.2 Å². The molecule has 1 aliphatic heterocycles. The third-order valence-electron chi connectivity index (χ3n) is 8.86. The lowest BCUT2D eigenvalue weighted by Gasteiger charge is -2.55. The van der Waals surface area contributed by atoms with Crippen molar-refractivity contribution in [1.29, 1.82) is 0 Å². The largest absolute Gasteiger partial charge is 0.468 e. The third-order valence-corrected chi connectivity index (χ3v) is 8.86. The summed E-state index contributed by atoms with van der Waals surface area (Å²) in [6.45, 7) is 14.3. The van der Waals surface area contributed by atoms with E-state index in [0.29, 0.717) is 22.3 Å². The summed E-state index contributed by atoms with van der Waals surface area (Å²) >= 11 is 0. The van der Waals surface area contributed by atoms with Crippen LogP contribution in [0.2, 0.25) is 0 Å². The summed E-state index contributed by atoms with van der Waals surface area (Å²) < 4.78 is 16.3. The molecule has 0 aromatic heterocycles. The fourth-order valence-corrected chi connectivity index (χ4v) is 7.11. The summed E-state index contributed by atoms with van der Waals surface area (Å²) in [5.74, 6) is -2.94. The number of methoxy groups -OCH3 is 1. The van der Waals surface area contributed by atoms with E-state index in [1.807, 2.05) is 19.9 Å². The minimum absolute atomic E-state index is 0.275. The Morgan fingerprint density at radius 2 is 1.82 bits per heavy atom. The van der Waals surface area contributed by atoms with E-state index in [4.69, 9.17) is 14.2 Å². The third kappa shape index (κ3) is 2.63. The number of carbonyl (C=O) groups is 4. The van der Waals surface area contributed by atoms with E-state index in [1.54, 1.807) is 20.8 Å². The molecule has 0 radical (unpaired) electrons. The van der Waals surface area contributed by atoms with Crippen LogP contribution in [0.5, 0.6) is 0 Å². The van der Waals surface area contributed by atoms with Crippen molar-refractivity contribution in [1.82, 2.24) is 0 Å². The van der Waals surface area contributed by atoms with Gasteiger partial charge in [-0.15, -0.1) is 0 Å². The Morgan fingerprint density at radius 1 is 1.21 bits per heavy atom. The topological polar surface area (TPSA) is 116 Å². The van der Waals surface area contributed by atoms with Gasteiger partial charge in [0.1, 0.15) is 11.0 Å². The Labute approximate surface area is 199 Å². The van der Waals surface area contributed by atoms with E-state index in [2.05, 4.69) is 6.58 Å². The lowest BCUT2D eigenvalue weighted by atomic mass is 9.46. The van der Waals surface area contributed by atoms with Gasteiger partial charge in [-0.25, -0.2) is 4.79 Å². The second-order valence-corrected chi connectivity index (χ2v) is 10.9. The van der Waals surface area contributed by atoms with Crippen molar-refractivity contribution in [3.05, 3.63) is 34.9 Å². The molecule has 2 saturated carbocycles. The lowest BCUT2D eigenvalue weighted by molar-refractivity contribution is -0.180. The minimum atomic E-state index is -1.64. The quantitative estimate of drug-likeness (QED) is 0.370. The Bertz CT molecular complexity index is 1110. The Hall–Kier alpha value is -2.74. The first-order valence-corrected chi connectivity index (χ1v) is 11.4. The minimum Gasteiger partial charge on any atom is -0.468 e. The van der Waals surface area contributed by atoms with Crippen LogP contribution in [-0.2, 0) is 33.4 Å². The van der Waals surface area contributed by atoms with Gasteiger partial charge in [-0.05, 0) is 63.2 Å². The summed E-state index contributed by atoms with van der Waals surface area (Å²) in [6.07, 6.45) is -0.445. The summed E-state index contributed by atoms with van der Waals surface area (Å²) in [4.78, 5) is 52.1. The molecule has 3 aliphatic carbocycles. The van der Waals surface area contributed by atoms with Crippen molar-refractivity contribution in [2.24, 2.45) is 22.2 Å². The number of fused-ring (bicyclic) bond motifs is 5. The second kappa shape index (κ2) is 7.13. The van der Waals surface area contributed by atoms with Gasteiger partial charge in [0.05, 0.1) is 12.5 Å². The number of aliphatic hydroxyl groups is 1. The maximum absolute atomic E-state index is 13.8. The van der Waals surface area contributed by atoms with Gasteiger partial charge in [-0.3, -0.25) is 14.4 Å². The van der Waals surface area contributed by atoms with Crippen LogP contribution < -0.4 is 0 Å². The molecule has 4 rings (SSSR count). The van der Waals surface area contributed by atoms with Crippen LogP contribution in [0.25, 0.3) is 0 Å². The highest BCUT2D eigenvalue weighted by Crippen LogP contribution is 2.73. The molecule has 1 saturated heterocycles. The number of rotatable bonds is 2. The van der Waals surface area contributed by atoms with E-state index in [-0.39, 0.29) is 12.8 Å². The number of Topliss-reactive ketones (excluding diaryl/α,β-unsaturated/α-hetero) is 1. The van der Waals surface area contributed by atoms with Crippen LogP contribution in [0.15, 0.2) is 34.9 Å². The number of hydrogen-bond acceptors (Lipinski definition) is 8. The molecule has 8 nitrogen and oxygen atoms in total. The van der Waals surface area contributed by atoms with Crippen molar-refractivity contribution in [2.75, 3.05) is 7.11 Å². The zero-order valence-electron chi connectivity index (χ0n) is 20.7. The van der Waals surface area contributed by atoms with Gasteiger partial charge in [0, 0.05) is 12.3 Å². The van der Waals surface area contributed by atoms with Gasteiger partial charge in [0.15, 0.2) is 18.0 Å². The van der Waals surface area contributed by atoms with Gasteiger partial charge in [-0.1, -0.05) is 25.2 Å². The zero-order chi connectivity index (χ0) is 25.6. The highest BCUT2D eigenvalue weighted by molar-refractivity contribution is 6.06. The molecule has 34 heavy (non-hydrogen) atoms. The Kier molecular flexibility index (Phi) is 5.12. The monoisotopic (exact) mass is 472 g/mol. The van der Waals surface area contributed by atoms with E-state index < -0.39 is 63.7 Å². The molecule has 0 amide bonds. The number of ether oxygens (including phenoxy) is 3. The first-order valence-electron chi connectivity index (χ1n) is 11.4. The van der Waals surface area contributed by atoms with Crippen molar-refractivity contribution < 1.29 is 38.5 Å². The summed E-state index contributed by atoms with van der Waals surface area (Å²) in [5, 5.41) is 10.9. The first-order chi connectivity index (χ1) is 15.6. The second-order valence-electron chi connectivity index (χ2n) is 10.9. The SMILES string of the molecule is C=C1C2(C)CC3C(C)=C4C(=CCC3(C)C1(C(=O)OC)C(OC(C)=O)C2=O)C(C)(C)OC(=O)C4O. The van der Waals surface area contributed by atoms with E-state index in [9.17, 15) is 24.3 Å². The maximum Gasteiger partial charge on any atom is 0.340 e. The summed E-state index contributed by atoms with van der Waals surface area (Å²) in [5.41, 5.74) is -2.63. The van der Waals surface area contributed by atoms with Gasteiger partial charge in [-0.2, -0.15) is 0 Å². The van der Waals surface area contributed by atoms with Crippen molar-refractivity contribution in [3.63, 3.8) is 0 Å². The number of ketones is 1. The molecule has 1 N–H and O–H groups in total. The number of aliphatic hydroxyl groups excluding tert-OH is 1. The van der Waals surface area contributed by atoms with Gasteiger partial charge < -0.3 is 19.3 Å². The maximum atomic E-state index is 13.8. The summed E-state index contributed by atoms with van der Waals surface area (Å²) in [7, 11) is 1.24. The highest BCUT2D eigenvalue weighted by atomic mass is 16.6. The predicted octanol–water partition coefficient (Wildman–Crippen LogP) is 2.59. The smallest absolute Gasteiger partial charge is 0.340 e. The van der Waals surface area contributed by atoms with Crippen LogP contribution in [-0.4, -0.2) is 53.7 Å². The predicted molar refractivity (Wildman–Crippen MR) is 120 cm³/mol. The number of cyclic esters (lactones) is 1. The van der Waals surface area contributed by atoms with Gasteiger partial charge in [0.2, 0.25) is 0 Å². The molecule has 3 fully saturated rings. The molecule has 8 heteroatoms. The van der Waals surface area contributed by atoms with Gasteiger partial charge >= 0.3 is 17.9 Å². The van der Waals surface area contributed by atoms with Crippen molar-refractivity contribution in [3.8, 4) is 0 Å².